The summed E-state index contributed by atoms with van der Waals surface area (Å²) in [5, 5.41) is 0. The molecule has 4 atom stereocenters. The highest BCUT2D eigenvalue weighted by atomic mass is 19.2. The first-order chi connectivity index (χ1) is 50.9. The van der Waals surface area contributed by atoms with Crippen molar-refractivity contribution in [1.82, 2.24) is 29.9 Å². The van der Waals surface area contributed by atoms with Crippen LogP contribution in [0.1, 0.15) is 210 Å². The second-order valence-electron chi connectivity index (χ2n) is 30.3. The molecule has 5 aliphatic rings. The average Bonchev–Trinajstić information content (AvgIpc) is 0.857. The Morgan fingerprint density at radius 3 is 0.713 bits per heavy atom. The van der Waals surface area contributed by atoms with Gasteiger partial charge in [0.2, 0.25) is 0 Å². The molecule has 108 heavy (non-hydrogen) atoms. The zero-order valence-corrected chi connectivity index (χ0v) is 71.0. The second kappa shape index (κ2) is 57.0. The summed E-state index contributed by atoms with van der Waals surface area (Å²) in [6.45, 7) is 57.2. The van der Waals surface area contributed by atoms with Crippen LogP contribution >= 0.6 is 0 Å². The third-order valence-corrected chi connectivity index (χ3v) is 17.5. The highest BCUT2D eigenvalue weighted by Crippen LogP contribution is 2.27. The molecular weight excluding hydrogens is 1360 g/mol. The van der Waals surface area contributed by atoms with Crippen LogP contribution < -0.4 is 0 Å². The van der Waals surface area contributed by atoms with E-state index in [1.165, 1.54) is 99.6 Å². The molecule has 4 saturated heterocycles. The fourth-order valence-corrected chi connectivity index (χ4v) is 9.62. The fourth-order valence-electron chi connectivity index (χ4n) is 9.62. The number of pyridine rings is 2. The highest BCUT2D eigenvalue weighted by molar-refractivity contribution is 5.25. The Morgan fingerprint density at radius 2 is 0.500 bits per heavy atom. The van der Waals surface area contributed by atoms with Crippen LogP contribution in [-0.2, 0) is 28.4 Å². The molecule has 13 rings (SSSR count). The average molecular weight is 1500 g/mol. The van der Waals surface area contributed by atoms with Gasteiger partial charge in [-0.05, 0) is 268 Å². The largest absolute Gasteiger partial charge is 0.378 e. The van der Waals surface area contributed by atoms with Crippen LogP contribution in [0.4, 0.5) is 17.6 Å². The summed E-state index contributed by atoms with van der Waals surface area (Å²) in [7, 11) is 0. The van der Waals surface area contributed by atoms with Gasteiger partial charge < -0.3 is 28.4 Å². The summed E-state index contributed by atoms with van der Waals surface area (Å²) in [5.41, 5.74) is 13.5. The van der Waals surface area contributed by atoms with Crippen molar-refractivity contribution in [3.8, 4) is 0 Å². The van der Waals surface area contributed by atoms with Crippen LogP contribution in [0.5, 0.6) is 0 Å². The van der Waals surface area contributed by atoms with Crippen LogP contribution in [-0.4, -0.2) is 94.3 Å². The minimum atomic E-state index is -0.736. The van der Waals surface area contributed by atoms with E-state index in [4.69, 9.17) is 28.4 Å². The van der Waals surface area contributed by atoms with E-state index in [9.17, 15) is 17.6 Å². The molecule has 0 amide bonds. The fraction of sp³-hybridized carbons (Fsp3) is 0.543. The standard InChI is InChI=1S/C8H8F2.2C8H9F.C8H16.C8H10.2C7H9N.2C7H14O.2C6H8N2.2C6H12O2/c1-5-3-4-6(2)8(10)7(5)9;2*1-6-3-4-7(2)8(9)5-6;2*1-7-3-5-8(2)6-4-7;4*1-6-3-4-7(2)8-5-6;4*1-5-3-7-6(2)8-4-5/h3-4H,1-2H3;2*3-5H,1-2H3;7-8H,3-6H2,1-2H3;3-6H,1-2H3;2*3-5H,1-2H3;2*6-7H,3-5H2,1-2H3;2*3-4H,1-2H3;2*5-6H,3-4H2,1-2H3. The van der Waals surface area contributed by atoms with E-state index >= 15 is 0 Å². The Labute approximate surface area is 651 Å². The summed E-state index contributed by atoms with van der Waals surface area (Å²) >= 11 is 0. The summed E-state index contributed by atoms with van der Waals surface area (Å²) in [4.78, 5) is 24.0. The molecular formula is C92H138F4N6O6. The smallest absolute Gasteiger partial charge is 0.161 e. The minimum Gasteiger partial charge on any atom is -0.378 e. The molecule has 8 aromatic rings. The molecule has 600 valence electrons. The van der Waals surface area contributed by atoms with Gasteiger partial charge in [0, 0.05) is 73.6 Å². The number of halogens is 4. The SMILES string of the molecule is CC1CCC(C)CC1.CC1CCC(C)OC1.CC1CCC(C)OC1.CC1COC(C)OC1.CC1COC(C)OC1.Cc1ccc(C)c(F)c1.Cc1ccc(C)c(F)c1.Cc1ccc(C)c(F)c1F.Cc1ccc(C)cc1.Cc1ccc(C)nc1.Cc1ccc(C)nc1.Cc1cnc(C)nc1.Cc1cnc(C)nc1. The highest BCUT2D eigenvalue weighted by Gasteiger charge is 2.17. The number of rotatable bonds is 0. The van der Waals surface area contributed by atoms with Crippen LogP contribution in [0, 0.1) is 170 Å². The van der Waals surface area contributed by atoms with Crippen molar-refractivity contribution in [2.45, 2.75) is 256 Å². The Kier molecular flexibility index (Phi) is 52.1. The molecule has 1 aliphatic carbocycles. The first kappa shape index (κ1) is 98.8. The van der Waals surface area contributed by atoms with E-state index in [1.807, 2.05) is 145 Å². The van der Waals surface area contributed by atoms with Gasteiger partial charge >= 0.3 is 0 Å². The lowest BCUT2D eigenvalue weighted by molar-refractivity contribution is -0.187. The molecule has 0 radical (unpaired) electrons. The lowest BCUT2D eigenvalue weighted by Crippen LogP contribution is -2.27. The van der Waals surface area contributed by atoms with E-state index < -0.39 is 11.6 Å². The predicted molar refractivity (Wildman–Crippen MR) is 439 cm³/mol. The summed E-state index contributed by atoms with van der Waals surface area (Å²) in [5.74, 6) is 4.74. The summed E-state index contributed by atoms with van der Waals surface area (Å²) in [6.07, 6.45) is 23.1. The number of aromatic nitrogens is 6. The van der Waals surface area contributed by atoms with Crippen molar-refractivity contribution < 1.29 is 46.0 Å². The lowest BCUT2D eigenvalue weighted by Gasteiger charge is -2.24. The molecule has 12 nitrogen and oxygen atoms in total. The zero-order chi connectivity index (χ0) is 81.3. The summed E-state index contributed by atoms with van der Waals surface area (Å²) in [6, 6.07) is 30.2. The van der Waals surface area contributed by atoms with E-state index in [0.29, 0.717) is 46.3 Å². The van der Waals surface area contributed by atoms with Gasteiger partial charge in [0.15, 0.2) is 24.2 Å². The van der Waals surface area contributed by atoms with E-state index in [-0.39, 0.29) is 24.2 Å². The van der Waals surface area contributed by atoms with Crippen molar-refractivity contribution in [3.63, 3.8) is 0 Å². The quantitative estimate of drug-likeness (QED) is 0.134. The van der Waals surface area contributed by atoms with Gasteiger partial charge in [-0.1, -0.05) is 151 Å². The molecule has 0 spiro atoms. The topological polar surface area (TPSA) is 133 Å². The third kappa shape index (κ3) is 51.3. The summed E-state index contributed by atoms with van der Waals surface area (Å²) < 4.78 is 81.8. The molecule has 5 fully saturated rings. The van der Waals surface area contributed by atoms with Gasteiger partial charge in [0.25, 0.3) is 0 Å². The molecule has 8 heterocycles. The van der Waals surface area contributed by atoms with Crippen molar-refractivity contribution >= 4 is 0 Å². The monoisotopic (exact) mass is 1500 g/mol. The van der Waals surface area contributed by atoms with Crippen LogP contribution in [0.3, 0.4) is 0 Å². The minimum absolute atomic E-state index is 0.0196. The van der Waals surface area contributed by atoms with Crippen molar-refractivity contribution in [2.75, 3.05) is 39.6 Å². The number of hydrogen-bond acceptors (Lipinski definition) is 12. The molecule has 1 saturated carbocycles. The predicted octanol–water partition coefficient (Wildman–Crippen LogP) is 23.9. The molecule has 4 aromatic heterocycles. The van der Waals surface area contributed by atoms with Gasteiger partial charge in [-0.3, -0.25) is 9.97 Å². The molecule has 0 bridgehead atoms. The van der Waals surface area contributed by atoms with Gasteiger partial charge in [-0.15, -0.1) is 0 Å². The van der Waals surface area contributed by atoms with E-state index in [1.54, 1.807) is 38.1 Å². The van der Waals surface area contributed by atoms with E-state index in [2.05, 4.69) is 136 Å². The maximum atomic E-state index is 12.6. The van der Waals surface area contributed by atoms with Crippen molar-refractivity contribution in [2.24, 2.45) is 35.5 Å². The number of ether oxygens (including phenoxy) is 6. The molecule has 4 aliphatic heterocycles. The Morgan fingerprint density at radius 1 is 0.250 bits per heavy atom. The normalized spacial score (nSPS) is 20.7. The first-order valence-electron chi connectivity index (χ1n) is 38.8. The lowest BCUT2D eigenvalue weighted by atomic mass is 9.84. The van der Waals surface area contributed by atoms with Crippen LogP contribution in [0.25, 0.3) is 0 Å². The molecule has 0 N–H and O–H groups in total. The van der Waals surface area contributed by atoms with Gasteiger partial charge in [-0.2, -0.15) is 0 Å². The maximum absolute atomic E-state index is 12.6. The first-order valence-corrected chi connectivity index (χ1v) is 38.8. The maximum Gasteiger partial charge on any atom is 0.161 e. The Hall–Kier alpha value is -7.18. The van der Waals surface area contributed by atoms with Crippen molar-refractivity contribution in [1.29, 1.82) is 0 Å². The number of aryl methyl sites for hydroxylation is 16. The Balaban J connectivity index is 0.000000585. The second-order valence-corrected chi connectivity index (χ2v) is 30.3. The molecule has 4 unspecified atom stereocenters. The van der Waals surface area contributed by atoms with Crippen molar-refractivity contribution in [3.05, 3.63) is 247 Å². The van der Waals surface area contributed by atoms with E-state index in [0.717, 1.165) is 109 Å². The number of nitrogens with zero attached hydrogens (tertiary/aromatic N) is 6. The number of hydrogen-bond donors (Lipinski definition) is 0. The van der Waals surface area contributed by atoms with Gasteiger partial charge in [0.05, 0.1) is 38.6 Å². The van der Waals surface area contributed by atoms with Crippen LogP contribution in [0.2, 0.25) is 0 Å². The van der Waals surface area contributed by atoms with Crippen LogP contribution in [0.15, 0.2) is 134 Å². The molecule has 4 aromatic carbocycles. The van der Waals surface area contributed by atoms with Gasteiger partial charge in [0.1, 0.15) is 23.3 Å². The van der Waals surface area contributed by atoms with Gasteiger partial charge in [-0.25, -0.2) is 37.5 Å². The number of benzene rings is 4. The third-order valence-electron chi connectivity index (χ3n) is 17.5. The Bertz CT molecular complexity index is 2950. The zero-order valence-electron chi connectivity index (χ0n) is 71.0. The molecule has 16 heteroatoms.